The molecular formula is C22H27BrN2O2. The summed E-state index contributed by atoms with van der Waals surface area (Å²) in [5.74, 6) is 1.52. The van der Waals surface area contributed by atoms with E-state index < -0.39 is 0 Å². The number of carbonyl (C=O) groups excluding carboxylic acids is 2. The third-order valence-corrected chi connectivity index (χ3v) is 7.93. The Hall–Kier alpha value is -1.36. The monoisotopic (exact) mass is 430 g/mol. The molecule has 5 aliphatic carbocycles. The van der Waals surface area contributed by atoms with E-state index in [2.05, 4.69) is 26.6 Å². The van der Waals surface area contributed by atoms with Crippen molar-refractivity contribution in [2.24, 2.45) is 17.3 Å². The fourth-order valence-corrected chi connectivity index (χ4v) is 7.87. The summed E-state index contributed by atoms with van der Waals surface area (Å²) >= 11 is 4.02. The number of anilines is 1. The van der Waals surface area contributed by atoms with E-state index in [9.17, 15) is 9.59 Å². The van der Waals surface area contributed by atoms with Crippen LogP contribution in [0, 0.1) is 17.3 Å². The normalized spacial score (nSPS) is 36.5. The fourth-order valence-electron chi connectivity index (χ4n) is 6.36. The van der Waals surface area contributed by atoms with E-state index in [4.69, 9.17) is 0 Å². The summed E-state index contributed by atoms with van der Waals surface area (Å²) in [7, 11) is 0. The van der Waals surface area contributed by atoms with Gasteiger partial charge in [-0.1, -0.05) is 28.1 Å². The molecule has 4 bridgehead atoms. The van der Waals surface area contributed by atoms with Crippen LogP contribution in [0.4, 0.5) is 5.69 Å². The lowest BCUT2D eigenvalue weighted by Crippen LogP contribution is -2.53. The highest BCUT2D eigenvalue weighted by Crippen LogP contribution is 2.65. The van der Waals surface area contributed by atoms with Gasteiger partial charge in [0.05, 0.1) is 11.3 Å². The molecule has 0 aliphatic heterocycles. The molecule has 4 nitrogen and oxygen atoms in total. The summed E-state index contributed by atoms with van der Waals surface area (Å²) in [6, 6.07) is 7.67. The predicted octanol–water partition coefficient (Wildman–Crippen LogP) is 4.64. The number of nitrogens with one attached hydrogen (secondary N) is 2. The van der Waals surface area contributed by atoms with Crippen molar-refractivity contribution in [3.63, 3.8) is 0 Å². The quantitative estimate of drug-likeness (QED) is 0.668. The Morgan fingerprint density at radius 3 is 2.44 bits per heavy atom. The van der Waals surface area contributed by atoms with Crippen molar-refractivity contribution in [2.45, 2.75) is 68.2 Å². The smallest absolute Gasteiger partial charge is 0.253 e. The number of benzene rings is 1. The van der Waals surface area contributed by atoms with Gasteiger partial charge in [0.15, 0.2) is 0 Å². The summed E-state index contributed by atoms with van der Waals surface area (Å²) in [6.07, 6.45) is 10.1. The zero-order valence-electron chi connectivity index (χ0n) is 15.6. The molecule has 0 saturated heterocycles. The number of hydrogen-bond donors (Lipinski definition) is 2. The van der Waals surface area contributed by atoms with Crippen LogP contribution in [-0.4, -0.2) is 22.2 Å². The minimum Gasteiger partial charge on any atom is -0.349 e. The molecule has 2 amide bonds. The zero-order valence-corrected chi connectivity index (χ0v) is 17.2. The number of amides is 2. The molecule has 2 unspecified atom stereocenters. The van der Waals surface area contributed by atoms with Crippen molar-refractivity contribution >= 4 is 33.4 Å². The SMILES string of the molecule is O=C(CC12CC3CC(CC(Br)(C3)C1)C2)Nc1ccccc1C(=O)NC1CC1. The first-order valence-corrected chi connectivity index (χ1v) is 11.1. The second kappa shape index (κ2) is 6.33. The first-order valence-electron chi connectivity index (χ1n) is 10.3. The van der Waals surface area contributed by atoms with E-state index in [1.165, 1.54) is 32.1 Å². The van der Waals surface area contributed by atoms with Crippen LogP contribution in [0.1, 0.15) is 68.1 Å². The Kier molecular flexibility index (Phi) is 4.15. The summed E-state index contributed by atoms with van der Waals surface area (Å²) in [5, 5.41) is 6.08. The first kappa shape index (κ1) is 17.7. The highest BCUT2D eigenvalue weighted by atomic mass is 79.9. The minimum absolute atomic E-state index is 0.0553. The lowest BCUT2D eigenvalue weighted by molar-refractivity contribution is -0.123. The van der Waals surface area contributed by atoms with Crippen LogP contribution in [0.25, 0.3) is 0 Å². The third kappa shape index (κ3) is 3.55. The van der Waals surface area contributed by atoms with Crippen molar-refractivity contribution in [3.05, 3.63) is 29.8 Å². The summed E-state index contributed by atoms with van der Waals surface area (Å²) in [5.41, 5.74) is 1.35. The van der Waals surface area contributed by atoms with Crippen LogP contribution >= 0.6 is 15.9 Å². The minimum atomic E-state index is -0.0809. The molecule has 1 aromatic carbocycles. The van der Waals surface area contributed by atoms with Crippen molar-refractivity contribution in [1.29, 1.82) is 0 Å². The lowest BCUT2D eigenvalue weighted by atomic mass is 9.48. The Balaban J connectivity index is 1.30. The zero-order chi connectivity index (χ0) is 18.6. The number of alkyl halides is 1. The molecule has 0 spiro atoms. The molecule has 144 valence electrons. The highest BCUT2D eigenvalue weighted by Gasteiger charge is 2.57. The van der Waals surface area contributed by atoms with Crippen molar-refractivity contribution in [2.75, 3.05) is 5.32 Å². The Bertz CT molecular complexity index is 774. The van der Waals surface area contributed by atoms with Gasteiger partial charge in [0.1, 0.15) is 0 Å². The molecule has 5 saturated carbocycles. The number of halogens is 1. The van der Waals surface area contributed by atoms with Gasteiger partial charge >= 0.3 is 0 Å². The van der Waals surface area contributed by atoms with E-state index in [-0.39, 0.29) is 21.6 Å². The van der Waals surface area contributed by atoms with Crippen LogP contribution in [0.15, 0.2) is 24.3 Å². The van der Waals surface area contributed by atoms with Gasteiger partial charge in [0, 0.05) is 16.8 Å². The van der Waals surface area contributed by atoms with Gasteiger partial charge < -0.3 is 10.6 Å². The van der Waals surface area contributed by atoms with E-state index in [0.29, 0.717) is 23.7 Å². The molecular weight excluding hydrogens is 404 g/mol. The first-order chi connectivity index (χ1) is 12.9. The van der Waals surface area contributed by atoms with E-state index in [1.54, 1.807) is 6.07 Å². The molecule has 5 heteroatoms. The van der Waals surface area contributed by atoms with Crippen LogP contribution in [0.5, 0.6) is 0 Å². The molecule has 5 aliphatic rings. The number of para-hydroxylation sites is 1. The van der Waals surface area contributed by atoms with E-state index in [0.717, 1.165) is 31.1 Å². The van der Waals surface area contributed by atoms with Crippen molar-refractivity contribution in [1.82, 2.24) is 5.32 Å². The van der Waals surface area contributed by atoms with Gasteiger partial charge in [0.2, 0.25) is 5.91 Å². The summed E-state index contributed by atoms with van der Waals surface area (Å²) in [6.45, 7) is 0. The van der Waals surface area contributed by atoms with Crippen LogP contribution < -0.4 is 10.6 Å². The molecule has 5 fully saturated rings. The maximum atomic E-state index is 13.0. The molecule has 0 heterocycles. The highest BCUT2D eigenvalue weighted by molar-refractivity contribution is 9.10. The van der Waals surface area contributed by atoms with Crippen LogP contribution in [0.2, 0.25) is 0 Å². The maximum absolute atomic E-state index is 13.0. The van der Waals surface area contributed by atoms with Gasteiger partial charge in [-0.25, -0.2) is 0 Å². The van der Waals surface area contributed by atoms with Crippen molar-refractivity contribution < 1.29 is 9.59 Å². The van der Waals surface area contributed by atoms with Gasteiger partial charge in [-0.15, -0.1) is 0 Å². The number of rotatable bonds is 5. The molecule has 1 aromatic rings. The number of hydrogen-bond acceptors (Lipinski definition) is 2. The second-order valence-electron chi connectivity index (χ2n) is 9.63. The van der Waals surface area contributed by atoms with E-state index >= 15 is 0 Å². The Morgan fingerprint density at radius 2 is 1.78 bits per heavy atom. The van der Waals surface area contributed by atoms with Crippen molar-refractivity contribution in [3.8, 4) is 0 Å². The Labute approximate surface area is 169 Å². The third-order valence-electron chi connectivity index (χ3n) is 7.00. The summed E-state index contributed by atoms with van der Waals surface area (Å²) < 4.78 is 0.263. The predicted molar refractivity (Wildman–Crippen MR) is 109 cm³/mol. The second-order valence-corrected chi connectivity index (χ2v) is 11.3. The number of carbonyl (C=O) groups is 2. The van der Waals surface area contributed by atoms with Gasteiger partial charge in [0.25, 0.3) is 5.91 Å². The molecule has 2 N–H and O–H groups in total. The molecule has 2 atom stereocenters. The molecule has 0 aromatic heterocycles. The van der Waals surface area contributed by atoms with Gasteiger partial charge in [-0.3, -0.25) is 9.59 Å². The average molecular weight is 431 g/mol. The lowest BCUT2D eigenvalue weighted by Gasteiger charge is -2.60. The maximum Gasteiger partial charge on any atom is 0.253 e. The standard InChI is InChI=1S/C22H27BrN2O2/c23-22-10-14-7-15(11-22)9-21(8-14,13-22)12-19(26)25-18-4-2-1-3-17(18)20(27)24-16-5-6-16/h1-4,14-16H,5-13H2,(H,24,27)(H,25,26). The summed E-state index contributed by atoms with van der Waals surface area (Å²) in [4.78, 5) is 25.4. The Morgan fingerprint density at radius 1 is 1.07 bits per heavy atom. The fraction of sp³-hybridized carbons (Fsp3) is 0.636. The van der Waals surface area contributed by atoms with Gasteiger partial charge in [-0.05, 0) is 80.8 Å². The average Bonchev–Trinajstić information content (AvgIpc) is 3.36. The molecule has 27 heavy (non-hydrogen) atoms. The molecule has 0 radical (unpaired) electrons. The van der Waals surface area contributed by atoms with Crippen LogP contribution in [-0.2, 0) is 4.79 Å². The largest absolute Gasteiger partial charge is 0.349 e. The van der Waals surface area contributed by atoms with Gasteiger partial charge in [-0.2, -0.15) is 0 Å². The van der Waals surface area contributed by atoms with E-state index in [1.807, 2.05) is 18.2 Å². The topological polar surface area (TPSA) is 58.2 Å². The van der Waals surface area contributed by atoms with Crippen LogP contribution in [0.3, 0.4) is 0 Å². The molecule has 6 rings (SSSR count).